The van der Waals surface area contributed by atoms with Crippen molar-refractivity contribution in [3.8, 4) is 5.75 Å². The average molecular weight is 257 g/mol. The van der Waals surface area contributed by atoms with Crippen molar-refractivity contribution >= 4 is 28.6 Å². The standard InChI is InChI=1S/C10H9BrO3/c1-3-7(11)4-8-6(2)14-10(13)5-9(8)12/h3-5,12H,2H2,1H3/b7-3+,8-4+. The van der Waals surface area contributed by atoms with Crippen LogP contribution in [0.4, 0.5) is 0 Å². The van der Waals surface area contributed by atoms with E-state index in [2.05, 4.69) is 22.5 Å². The van der Waals surface area contributed by atoms with E-state index in [1.54, 1.807) is 12.2 Å². The molecular weight excluding hydrogens is 248 g/mol. The van der Waals surface area contributed by atoms with E-state index in [4.69, 9.17) is 4.42 Å². The third-order valence-electron chi connectivity index (χ3n) is 1.61. The molecule has 3 nitrogen and oxygen atoms in total. The molecule has 14 heavy (non-hydrogen) atoms. The zero-order valence-corrected chi connectivity index (χ0v) is 9.17. The summed E-state index contributed by atoms with van der Waals surface area (Å²) in [6.45, 7) is 5.36. The molecule has 0 unspecified atom stereocenters. The molecule has 74 valence electrons. The molecule has 0 aliphatic heterocycles. The van der Waals surface area contributed by atoms with E-state index < -0.39 is 5.63 Å². The Balaban J connectivity index is 3.59. The van der Waals surface area contributed by atoms with Crippen LogP contribution in [-0.4, -0.2) is 5.11 Å². The van der Waals surface area contributed by atoms with Gasteiger partial charge in [-0.25, -0.2) is 4.79 Å². The summed E-state index contributed by atoms with van der Waals surface area (Å²) in [4.78, 5) is 10.8. The third-order valence-corrected chi connectivity index (χ3v) is 2.30. The zero-order valence-electron chi connectivity index (χ0n) is 7.58. The van der Waals surface area contributed by atoms with E-state index in [-0.39, 0.29) is 11.2 Å². The fourth-order valence-corrected chi connectivity index (χ4v) is 1.14. The Morgan fingerprint density at radius 3 is 2.86 bits per heavy atom. The van der Waals surface area contributed by atoms with Gasteiger partial charge in [0, 0.05) is 4.48 Å². The second-order valence-corrected chi connectivity index (χ2v) is 3.52. The van der Waals surface area contributed by atoms with Crippen molar-refractivity contribution in [1.82, 2.24) is 0 Å². The van der Waals surface area contributed by atoms with Crippen LogP contribution >= 0.6 is 15.9 Å². The third kappa shape index (κ3) is 2.35. The number of halogens is 1. The zero-order chi connectivity index (χ0) is 10.7. The van der Waals surface area contributed by atoms with Crippen molar-refractivity contribution in [3.63, 3.8) is 0 Å². The van der Waals surface area contributed by atoms with Gasteiger partial charge in [0.25, 0.3) is 0 Å². The van der Waals surface area contributed by atoms with Crippen LogP contribution in [0.3, 0.4) is 0 Å². The molecule has 1 aromatic heterocycles. The van der Waals surface area contributed by atoms with Crippen LogP contribution in [0.2, 0.25) is 0 Å². The van der Waals surface area contributed by atoms with Crippen molar-refractivity contribution in [2.45, 2.75) is 6.92 Å². The smallest absolute Gasteiger partial charge is 0.339 e. The van der Waals surface area contributed by atoms with Crippen LogP contribution in [0.1, 0.15) is 6.92 Å². The van der Waals surface area contributed by atoms with Gasteiger partial charge in [0.15, 0.2) is 0 Å². The minimum atomic E-state index is -0.610. The van der Waals surface area contributed by atoms with Gasteiger partial charge in [-0.15, -0.1) is 0 Å². The molecule has 0 aliphatic rings. The van der Waals surface area contributed by atoms with E-state index >= 15 is 0 Å². The Labute approximate surface area is 88.8 Å². The second-order valence-electron chi connectivity index (χ2n) is 2.61. The number of hydrogen-bond donors (Lipinski definition) is 1. The number of rotatable bonds is 1. The first-order valence-corrected chi connectivity index (χ1v) is 4.69. The molecule has 0 aromatic carbocycles. The monoisotopic (exact) mass is 256 g/mol. The Bertz CT molecular complexity index is 525. The lowest BCUT2D eigenvalue weighted by atomic mass is 10.3. The minimum Gasteiger partial charge on any atom is -0.507 e. The molecular formula is C10H9BrO3. The summed E-state index contributed by atoms with van der Waals surface area (Å²) < 4.78 is 5.50. The number of hydrogen-bond acceptors (Lipinski definition) is 3. The lowest BCUT2D eigenvalue weighted by molar-refractivity contribution is 0.426. The molecule has 0 aliphatic carbocycles. The molecule has 1 aromatic rings. The predicted molar refractivity (Wildman–Crippen MR) is 58.6 cm³/mol. The van der Waals surface area contributed by atoms with Gasteiger partial charge in [-0.2, -0.15) is 0 Å². The highest BCUT2D eigenvalue weighted by Crippen LogP contribution is 2.05. The molecule has 1 rings (SSSR count). The second kappa shape index (κ2) is 4.28. The maximum atomic E-state index is 10.8. The van der Waals surface area contributed by atoms with Crippen molar-refractivity contribution in [1.29, 1.82) is 0 Å². The Kier molecular flexibility index (Phi) is 3.30. The molecule has 0 spiro atoms. The van der Waals surface area contributed by atoms with Crippen LogP contribution in [0.15, 0.2) is 25.8 Å². The molecule has 0 atom stereocenters. The molecule has 1 N–H and O–H groups in total. The summed E-state index contributed by atoms with van der Waals surface area (Å²) in [6, 6.07) is 1.01. The van der Waals surface area contributed by atoms with Crippen molar-refractivity contribution in [2.24, 2.45) is 0 Å². The Morgan fingerprint density at radius 2 is 2.36 bits per heavy atom. The van der Waals surface area contributed by atoms with Crippen LogP contribution in [0, 0.1) is 0 Å². The van der Waals surface area contributed by atoms with Crippen LogP contribution in [0.25, 0.3) is 12.7 Å². The van der Waals surface area contributed by atoms with Gasteiger partial charge in [-0.3, -0.25) is 0 Å². The lowest BCUT2D eigenvalue weighted by Crippen LogP contribution is -2.27. The largest absolute Gasteiger partial charge is 0.507 e. The summed E-state index contributed by atoms with van der Waals surface area (Å²) in [6.07, 6.45) is 3.42. The molecule has 4 heteroatoms. The fourth-order valence-electron chi connectivity index (χ4n) is 0.914. The van der Waals surface area contributed by atoms with E-state index in [0.29, 0.717) is 5.22 Å². The van der Waals surface area contributed by atoms with E-state index in [1.807, 2.05) is 6.92 Å². The quantitative estimate of drug-likeness (QED) is 0.810. The maximum absolute atomic E-state index is 10.8. The Morgan fingerprint density at radius 1 is 1.71 bits per heavy atom. The maximum Gasteiger partial charge on any atom is 0.339 e. The molecule has 0 radical (unpaired) electrons. The topological polar surface area (TPSA) is 50.4 Å². The highest BCUT2D eigenvalue weighted by atomic mass is 79.9. The molecule has 0 amide bonds. The van der Waals surface area contributed by atoms with Crippen molar-refractivity contribution in [3.05, 3.63) is 37.7 Å². The summed E-state index contributed by atoms with van der Waals surface area (Å²) >= 11 is 3.25. The highest BCUT2D eigenvalue weighted by Gasteiger charge is 1.97. The first-order valence-electron chi connectivity index (χ1n) is 3.90. The summed E-state index contributed by atoms with van der Waals surface area (Å²) in [5, 5.41) is 9.84. The van der Waals surface area contributed by atoms with E-state index in [1.165, 1.54) is 0 Å². The van der Waals surface area contributed by atoms with Crippen molar-refractivity contribution < 1.29 is 9.52 Å². The van der Waals surface area contributed by atoms with Gasteiger partial charge in [0.1, 0.15) is 11.2 Å². The van der Waals surface area contributed by atoms with Gasteiger partial charge >= 0.3 is 5.63 Å². The lowest BCUT2D eigenvalue weighted by Gasteiger charge is -1.93. The van der Waals surface area contributed by atoms with Gasteiger partial charge in [-0.1, -0.05) is 28.6 Å². The highest BCUT2D eigenvalue weighted by molar-refractivity contribution is 9.12. The first kappa shape index (κ1) is 10.8. The van der Waals surface area contributed by atoms with Crippen LogP contribution in [-0.2, 0) is 0 Å². The molecule has 1 heterocycles. The SMILES string of the molecule is C=c1oc(=O)cc(O)/c1=C/C(Br)=C\C. The van der Waals surface area contributed by atoms with Gasteiger partial charge in [0.2, 0.25) is 0 Å². The molecule has 0 saturated heterocycles. The normalized spacial score (nSPS) is 13.3. The molecule has 0 bridgehead atoms. The summed E-state index contributed by atoms with van der Waals surface area (Å²) in [5.74, 6) is -0.134. The van der Waals surface area contributed by atoms with Crippen LogP contribution in [0.5, 0.6) is 5.75 Å². The van der Waals surface area contributed by atoms with Crippen molar-refractivity contribution in [2.75, 3.05) is 0 Å². The number of aromatic hydroxyl groups is 1. The van der Waals surface area contributed by atoms with Gasteiger partial charge in [-0.05, 0) is 13.0 Å². The molecule has 0 fully saturated rings. The van der Waals surface area contributed by atoms with Crippen LogP contribution < -0.4 is 16.3 Å². The van der Waals surface area contributed by atoms with Gasteiger partial charge in [0.05, 0.1) is 11.3 Å². The fraction of sp³-hybridized carbons (Fsp3) is 0.100. The summed E-state index contributed by atoms with van der Waals surface area (Å²) in [5.41, 5.74) is -0.463. The number of allylic oxidation sites excluding steroid dienone is 2. The summed E-state index contributed by atoms with van der Waals surface area (Å²) in [7, 11) is 0. The van der Waals surface area contributed by atoms with E-state index in [0.717, 1.165) is 10.5 Å². The predicted octanol–water partition coefficient (Wildman–Crippen LogP) is 0.835. The van der Waals surface area contributed by atoms with Gasteiger partial charge < -0.3 is 9.52 Å². The Hall–Kier alpha value is -1.29. The first-order chi connectivity index (χ1) is 6.54. The minimum absolute atomic E-state index is 0.134. The molecule has 0 saturated carbocycles. The van der Waals surface area contributed by atoms with E-state index in [9.17, 15) is 9.90 Å². The average Bonchev–Trinajstić information content (AvgIpc) is 2.10.